The second-order valence-corrected chi connectivity index (χ2v) is 2.22. The van der Waals surface area contributed by atoms with Gasteiger partial charge in [-0.3, -0.25) is 0 Å². The Morgan fingerprint density at radius 1 is 1.56 bits per heavy atom. The number of halogens is 1. The molecule has 0 unspecified atom stereocenters. The van der Waals surface area contributed by atoms with Gasteiger partial charge in [-0.25, -0.2) is 0 Å². The molecule has 0 amide bonds. The van der Waals surface area contributed by atoms with Crippen LogP contribution < -0.4 is 0 Å². The largest absolute Gasteiger partial charge is 0.497 e. The monoisotopic (exact) mass is 146 g/mol. The van der Waals surface area contributed by atoms with Crippen LogP contribution in [0.25, 0.3) is 0 Å². The molecule has 0 aromatic heterocycles. The van der Waals surface area contributed by atoms with Crippen molar-refractivity contribution in [3.8, 4) is 0 Å². The van der Waals surface area contributed by atoms with E-state index in [2.05, 4.69) is 0 Å². The summed E-state index contributed by atoms with van der Waals surface area (Å²) in [5, 5.41) is 0.727. The van der Waals surface area contributed by atoms with Crippen molar-refractivity contribution < 1.29 is 4.74 Å². The molecular weight excluding hydrogens is 136 g/mol. The smallest absolute Gasteiger partial charge is 0.115 e. The van der Waals surface area contributed by atoms with Crippen LogP contribution in [0, 0.1) is 0 Å². The van der Waals surface area contributed by atoms with E-state index >= 15 is 0 Å². The zero-order valence-corrected chi connectivity index (χ0v) is 6.70. The molecule has 52 valence electrons. The van der Waals surface area contributed by atoms with E-state index in [0.717, 1.165) is 10.8 Å². The lowest BCUT2D eigenvalue weighted by Crippen LogP contribution is -1.79. The summed E-state index contributed by atoms with van der Waals surface area (Å²) < 4.78 is 4.91. The summed E-state index contributed by atoms with van der Waals surface area (Å²) in [6, 6.07) is 0. The van der Waals surface area contributed by atoms with Crippen LogP contribution in [0.5, 0.6) is 0 Å². The maximum Gasteiger partial charge on any atom is 0.115 e. The molecule has 0 aliphatic heterocycles. The maximum absolute atomic E-state index is 5.57. The van der Waals surface area contributed by atoms with Crippen LogP contribution in [0.4, 0.5) is 0 Å². The molecule has 0 rings (SSSR count). The van der Waals surface area contributed by atoms with Gasteiger partial charge >= 0.3 is 0 Å². The Kier molecular flexibility index (Phi) is 4.24. The van der Waals surface area contributed by atoms with Crippen molar-refractivity contribution in [2.75, 3.05) is 7.11 Å². The molecule has 0 aliphatic rings. The number of allylic oxidation sites excluding steroid dienone is 3. The number of ether oxygens (including phenoxy) is 1. The van der Waals surface area contributed by atoms with Crippen molar-refractivity contribution in [2.24, 2.45) is 0 Å². The van der Waals surface area contributed by atoms with E-state index in [1.165, 1.54) is 0 Å². The summed E-state index contributed by atoms with van der Waals surface area (Å²) in [5.41, 5.74) is 0. The van der Waals surface area contributed by atoms with Gasteiger partial charge in [0.15, 0.2) is 0 Å². The highest BCUT2D eigenvalue weighted by atomic mass is 35.5. The van der Waals surface area contributed by atoms with E-state index in [0.29, 0.717) is 0 Å². The first-order valence-electron chi connectivity index (χ1n) is 2.74. The lowest BCUT2D eigenvalue weighted by Gasteiger charge is -1.96. The third kappa shape index (κ3) is 4.10. The Bertz CT molecular complexity index is 132. The van der Waals surface area contributed by atoms with Gasteiger partial charge in [0.1, 0.15) is 5.76 Å². The Hall–Kier alpha value is -0.430. The summed E-state index contributed by atoms with van der Waals surface area (Å²) in [6.45, 7) is 3.71. The molecule has 0 bridgehead atoms. The summed E-state index contributed by atoms with van der Waals surface area (Å²) >= 11 is 5.57. The Morgan fingerprint density at radius 3 is 2.22 bits per heavy atom. The third-order valence-corrected chi connectivity index (χ3v) is 0.970. The van der Waals surface area contributed by atoms with Crippen LogP contribution in [0.15, 0.2) is 22.9 Å². The normalized spacial score (nSPS) is 13.8. The second-order valence-electron chi connectivity index (χ2n) is 1.63. The third-order valence-electron chi connectivity index (χ3n) is 0.861. The molecule has 0 saturated carbocycles. The highest BCUT2D eigenvalue weighted by Crippen LogP contribution is 2.05. The van der Waals surface area contributed by atoms with Gasteiger partial charge in [0, 0.05) is 5.03 Å². The summed E-state index contributed by atoms with van der Waals surface area (Å²) in [4.78, 5) is 0. The SMILES string of the molecule is C/C=C(\C=C(/C)Cl)OC. The van der Waals surface area contributed by atoms with E-state index in [4.69, 9.17) is 16.3 Å². The van der Waals surface area contributed by atoms with E-state index in [-0.39, 0.29) is 0 Å². The number of hydrogen-bond acceptors (Lipinski definition) is 1. The molecule has 0 aromatic carbocycles. The topological polar surface area (TPSA) is 9.23 Å². The average molecular weight is 147 g/mol. The molecule has 0 atom stereocenters. The van der Waals surface area contributed by atoms with Crippen molar-refractivity contribution in [3.05, 3.63) is 22.9 Å². The highest BCUT2D eigenvalue weighted by molar-refractivity contribution is 6.29. The van der Waals surface area contributed by atoms with E-state index in [9.17, 15) is 0 Å². The van der Waals surface area contributed by atoms with Gasteiger partial charge in [0.05, 0.1) is 7.11 Å². The lowest BCUT2D eigenvalue weighted by atomic mass is 10.4. The first-order valence-corrected chi connectivity index (χ1v) is 3.12. The van der Waals surface area contributed by atoms with Gasteiger partial charge in [-0.2, -0.15) is 0 Å². The van der Waals surface area contributed by atoms with Crippen molar-refractivity contribution in [2.45, 2.75) is 13.8 Å². The fourth-order valence-corrected chi connectivity index (χ4v) is 0.564. The van der Waals surface area contributed by atoms with Crippen molar-refractivity contribution in [3.63, 3.8) is 0 Å². The summed E-state index contributed by atoms with van der Waals surface area (Å²) in [6.07, 6.45) is 3.62. The Balaban J connectivity index is 4.01. The molecule has 0 heterocycles. The Labute approximate surface area is 61.0 Å². The minimum Gasteiger partial charge on any atom is -0.497 e. The molecule has 0 aliphatic carbocycles. The predicted molar refractivity (Wildman–Crippen MR) is 40.4 cm³/mol. The second kappa shape index (κ2) is 4.45. The van der Waals surface area contributed by atoms with Gasteiger partial charge in [0.25, 0.3) is 0 Å². The number of rotatable bonds is 2. The quantitative estimate of drug-likeness (QED) is 0.430. The molecule has 0 saturated heterocycles. The summed E-state index contributed by atoms with van der Waals surface area (Å²) in [7, 11) is 1.62. The molecule has 0 spiro atoms. The van der Waals surface area contributed by atoms with Crippen LogP contribution in [0.3, 0.4) is 0 Å². The minimum atomic E-state index is 0.727. The van der Waals surface area contributed by atoms with E-state index in [1.807, 2.05) is 19.9 Å². The standard InChI is InChI=1S/C7H11ClO/c1-4-7(9-3)5-6(2)8/h4-5H,1-3H3/b6-5+,7-4+. The Morgan fingerprint density at radius 2 is 2.11 bits per heavy atom. The van der Waals surface area contributed by atoms with Gasteiger partial charge in [-0.1, -0.05) is 11.6 Å². The zero-order valence-electron chi connectivity index (χ0n) is 5.94. The molecule has 0 fully saturated rings. The fraction of sp³-hybridized carbons (Fsp3) is 0.429. The molecule has 9 heavy (non-hydrogen) atoms. The molecule has 2 heteroatoms. The first kappa shape index (κ1) is 8.57. The van der Waals surface area contributed by atoms with Crippen LogP contribution in [-0.4, -0.2) is 7.11 Å². The predicted octanol–water partition coefficient (Wildman–Crippen LogP) is 2.68. The van der Waals surface area contributed by atoms with E-state index in [1.54, 1.807) is 13.2 Å². The van der Waals surface area contributed by atoms with Gasteiger partial charge < -0.3 is 4.74 Å². The average Bonchev–Trinajstić information content (AvgIpc) is 1.82. The van der Waals surface area contributed by atoms with Crippen molar-refractivity contribution in [1.82, 2.24) is 0 Å². The lowest BCUT2D eigenvalue weighted by molar-refractivity contribution is 0.306. The molecule has 1 nitrogen and oxygen atoms in total. The molecule has 0 N–H and O–H groups in total. The number of methoxy groups -OCH3 is 1. The molecule has 0 aromatic rings. The van der Waals surface area contributed by atoms with Crippen molar-refractivity contribution >= 4 is 11.6 Å². The van der Waals surface area contributed by atoms with Crippen LogP contribution in [-0.2, 0) is 4.74 Å². The maximum atomic E-state index is 5.57. The van der Waals surface area contributed by atoms with Crippen LogP contribution in [0.1, 0.15) is 13.8 Å². The number of hydrogen-bond donors (Lipinski definition) is 0. The van der Waals surface area contributed by atoms with Gasteiger partial charge in [-0.15, -0.1) is 0 Å². The first-order chi connectivity index (χ1) is 4.20. The van der Waals surface area contributed by atoms with Gasteiger partial charge in [0.2, 0.25) is 0 Å². The van der Waals surface area contributed by atoms with Crippen LogP contribution in [0.2, 0.25) is 0 Å². The zero-order chi connectivity index (χ0) is 7.28. The van der Waals surface area contributed by atoms with E-state index < -0.39 is 0 Å². The molecular formula is C7H11ClO. The van der Waals surface area contributed by atoms with Crippen molar-refractivity contribution in [1.29, 1.82) is 0 Å². The summed E-state index contributed by atoms with van der Waals surface area (Å²) in [5.74, 6) is 0.794. The van der Waals surface area contributed by atoms with Gasteiger partial charge in [-0.05, 0) is 26.0 Å². The highest BCUT2D eigenvalue weighted by Gasteiger charge is 1.86. The molecule has 0 radical (unpaired) electrons. The van der Waals surface area contributed by atoms with Crippen LogP contribution >= 0.6 is 11.6 Å². The fourth-order valence-electron chi connectivity index (χ4n) is 0.456. The minimum absolute atomic E-state index is 0.727.